The number of rotatable bonds is 5. The van der Waals surface area contributed by atoms with Crippen LogP contribution in [0, 0.1) is 0 Å². The Balaban J connectivity index is 1.61. The van der Waals surface area contributed by atoms with Crippen molar-refractivity contribution in [2.75, 3.05) is 0 Å². The number of hydrogen-bond acceptors (Lipinski definition) is 4. The van der Waals surface area contributed by atoms with E-state index in [0.717, 1.165) is 5.69 Å². The van der Waals surface area contributed by atoms with Crippen LogP contribution in [-0.4, -0.2) is 20.4 Å². The molecule has 0 saturated carbocycles. The molecular formula is C17H16N4O2. The Kier molecular flexibility index (Phi) is 4.42. The summed E-state index contributed by atoms with van der Waals surface area (Å²) in [5.41, 5.74) is 1.33. The standard InChI is InChI=1S/C17H16N4O2/c22-16(19-11-13-5-3-4-9-18-13)8-10-21-12-20-15-7-2-1-6-14(15)17(21)23/h1-7,9,12H,8,10-11H2,(H,19,22). The Morgan fingerprint density at radius 2 is 1.91 bits per heavy atom. The van der Waals surface area contributed by atoms with Crippen molar-refractivity contribution in [3.8, 4) is 0 Å². The van der Waals surface area contributed by atoms with Crippen molar-refractivity contribution in [3.63, 3.8) is 0 Å². The number of fused-ring (bicyclic) bond motifs is 1. The van der Waals surface area contributed by atoms with Crippen molar-refractivity contribution in [3.05, 3.63) is 71.0 Å². The van der Waals surface area contributed by atoms with Crippen molar-refractivity contribution in [2.24, 2.45) is 0 Å². The second-order valence-electron chi connectivity index (χ2n) is 5.11. The third kappa shape index (κ3) is 3.60. The van der Waals surface area contributed by atoms with Gasteiger partial charge in [0, 0.05) is 19.2 Å². The molecule has 0 unspecified atom stereocenters. The molecule has 3 aromatic rings. The molecule has 0 atom stereocenters. The zero-order valence-electron chi connectivity index (χ0n) is 12.5. The Bertz CT molecular complexity index is 874. The highest BCUT2D eigenvalue weighted by molar-refractivity contribution is 5.77. The van der Waals surface area contributed by atoms with Gasteiger partial charge in [0.05, 0.1) is 29.5 Å². The van der Waals surface area contributed by atoms with Gasteiger partial charge >= 0.3 is 0 Å². The number of carbonyl (C=O) groups is 1. The van der Waals surface area contributed by atoms with Gasteiger partial charge in [0.1, 0.15) is 0 Å². The molecule has 1 amide bonds. The summed E-state index contributed by atoms with van der Waals surface area (Å²) in [5.74, 6) is -0.129. The maximum atomic E-state index is 12.3. The van der Waals surface area contributed by atoms with Gasteiger partial charge in [-0.25, -0.2) is 4.98 Å². The van der Waals surface area contributed by atoms with Crippen LogP contribution in [0.5, 0.6) is 0 Å². The second kappa shape index (κ2) is 6.83. The molecule has 6 heteroatoms. The monoisotopic (exact) mass is 308 g/mol. The fraction of sp³-hybridized carbons (Fsp3) is 0.176. The molecule has 0 radical (unpaired) electrons. The molecular weight excluding hydrogens is 292 g/mol. The van der Waals surface area contributed by atoms with E-state index < -0.39 is 0 Å². The van der Waals surface area contributed by atoms with Gasteiger partial charge in [0.25, 0.3) is 5.56 Å². The summed E-state index contributed by atoms with van der Waals surface area (Å²) in [6, 6.07) is 12.7. The Morgan fingerprint density at radius 1 is 1.09 bits per heavy atom. The SMILES string of the molecule is O=C(CCn1cnc2ccccc2c1=O)NCc1ccccn1. The summed E-state index contributed by atoms with van der Waals surface area (Å²) >= 11 is 0. The fourth-order valence-corrected chi connectivity index (χ4v) is 2.27. The molecule has 0 aliphatic rings. The van der Waals surface area contributed by atoms with E-state index in [1.54, 1.807) is 24.4 Å². The van der Waals surface area contributed by atoms with Crippen LogP contribution in [0.2, 0.25) is 0 Å². The lowest BCUT2D eigenvalue weighted by Crippen LogP contribution is -2.27. The van der Waals surface area contributed by atoms with Crippen LogP contribution in [0.1, 0.15) is 12.1 Å². The second-order valence-corrected chi connectivity index (χ2v) is 5.11. The van der Waals surface area contributed by atoms with Gasteiger partial charge in [0.2, 0.25) is 5.91 Å². The van der Waals surface area contributed by atoms with E-state index in [9.17, 15) is 9.59 Å². The van der Waals surface area contributed by atoms with Gasteiger partial charge in [-0.2, -0.15) is 0 Å². The molecule has 0 bridgehead atoms. The molecule has 0 aliphatic heterocycles. The fourth-order valence-electron chi connectivity index (χ4n) is 2.27. The third-order valence-corrected chi connectivity index (χ3v) is 3.50. The number of hydrogen-bond donors (Lipinski definition) is 1. The van der Waals surface area contributed by atoms with E-state index in [1.807, 2.05) is 24.3 Å². The van der Waals surface area contributed by atoms with Gasteiger partial charge in [0.15, 0.2) is 0 Å². The molecule has 0 spiro atoms. The van der Waals surface area contributed by atoms with E-state index >= 15 is 0 Å². The molecule has 116 valence electrons. The molecule has 2 aromatic heterocycles. The van der Waals surface area contributed by atoms with Gasteiger partial charge in [-0.15, -0.1) is 0 Å². The zero-order valence-corrected chi connectivity index (χ0v) is 12.5. The van der Waals surface area contributed by atoms with Gasteiger partial charge in [-0.3, -0.25) is 19.1 Å². The van der Waals surface area contributed by atoms with Crippen molar-refractivity contribution in [2.45, 2.75) is 19.5 Å². The van der Waals surface area contributed by atoms with Crippen LogP contribution < -0.4 is 10.9 Å². The van der Waals surface area contributed by atoms with Crippen LogP contribution in [-0.2, 0) is 17.9 Å². The molecule has 1 N–H and O–H groups in total. The van der Waals surface area contributed by atoms with Crippen molar-refractivity contribution in [1.29, 1.82) is 0 Å². The normalized spacial score (nSPS) is 10.6. The lowest BCUT2D eigenvalue weighted by molar-refractivity contribution is -0.121. The Morgan fingerprint density at radius 3 is 2.74 bits per heavy atom. The number of amides is 1. The molecule has 2 heterocycles. The van der Waals surface area contributed by atoms with Crippen LogP contribution >= 0.6 is 0 Å². The predicted molar refractivity (Wildman–Crippen MR) is 86.7 cm³/mol. The highest BCUT2D eigenvalue weighted by Gasteiger charge is 2.06. The molecule has 0 aliphatic carbocycles. The average Bonchev–Trinajstić information content (AvgIpc) is 2.60. The summed E-state index contributed by atoms with van der Waals surface area (Å²) in [6.07, 6.45) is 3.38. The minimum absolute atomic E-state index is 0.129. The maximum Gasteiger partial charge on any atom is 0.261 e. The van der Waals surface area contributed by atoms with E-state index in [0.29, 0.717) is 24.0 Å². The predicted octanol–water partition coefficient (Wildman–Crippen LogP) is 1.50. The first kappa shape index (κ1) is 14.9. The van der Waals surface area contributed by atoms with Crippen LogP contribution in [0.15, 0.2) is 59.8 Å². The summed E-state index contributed by atoms with van der Waals surface area (Å²) in [6.45, 7) is 0.676. The summed E-state index contributed by atoms with van der Waals surface area (Å²) in [7, 11) is 0. The summed E-state index contributed by atoms with van der Waals surface area (Å²) < 4.78 is 1.46. The summed E-state index contributed by atoms with van der Waals surface area (Å²) in [4.78, 5) is 32.6. The first-order valence-corrected chi connectivity index (χ1v) is 7.35. The highest BCUT2D eigenvalue weighted by Crippen LogP contribution is 2.04. The Hall–Kier alpha value is -3.02. The van der Waals surface area contributed by atoms with Gasteiger partial charge in [-0.05, 0) is 24.3 Å². The molecule has 3 rings (SSSR count). The lowest BCUT2D eigenvalue weighted by Gasteiger charge is -2.07. The average molecular weight is 308 g/mol. The van der Waals surface area contributed by atoms with Gasteiger partial charge < -0.3 is 5.32 Å². The number of aromatic nitrogens is 3. The van der Waals surface area contributed by atoms with Crippen molar-refractivity contribution in [1.82, 2.24) is 19.9 Å². The van der Waals surface area contributed by atoms with Crippen molar-refractivity contribution >= 4 is 16.8 Å². The Labute approximate surface area is 132 Å². The number of aryl methyl sites for hydroxylation is 1. The number of carbonyl (C=O) groups excluding carboxylic acids is 1. The smallest absolute Gasteiger partial charge is 0.261 e. The molecule has 6 nitrogen and oxygen atoms in total. The molecule has 23 heavy (non-hydrogen) atoms. The number of nitrogens with one attached hydrogen (secondary N) is 1. The number of benzene rings is 1. The van der Waals surface area contributed by atoms with E-state index in [4.69, 9.17) is 0 Å². The number of nitrogens with zero attached hydrogens (tertiary/aromatic N) is 3. The molecule has 0 saturated heterocycles. The highest BCUT2D eigenvalue weighted by atomic mass is 16.1. The van der Waals surface area contributed by atoms with Crippen LogP contribution in [0.25, 0.3) is 10.9 Å². The number of pyridine rings is 1. The first-order valence-electron chi connectivity index (χ1n) is 7.35. The lowest BCUT2D eigenvalue weighted by atomic mass is 10.2. The molecule has 1 aromatic carbocycles. The minimum Gasteiger partial charge on any atom is -0.350 e. The largest absolute Gasteiger partial charge is 0.350 e. The topological polar surface area (TPSA) is 76.9 Å². The van der Waals surface area contributed by atoms with Crippen molar-refractivity contribution < 1.29 is 4.79 Å². The van der Waals surface area contributed by atoms with E-state index in [1.165, 1.54) is 10.9 Å². The number of para-hydroxylation sites is 1. The van der Waals surface area contributed by atoms with E-state index in [-0.39, 0.29) is 17.9 Å². The van der Waals surface area contributed by atoms with Crippen LogP contribution in [0.3, 0.4) is 0 Å². The molecule has 0 fully saturated rings. The first-order chi connectivity index (χ1) is 11.2. The minimum atomic E-state index is -0.131. The zero-order chi connectivity index (χ0) is 16.1. The van der Waals surface area contributed by atoms with Crippen LogP contribution in [0.4, 0.5) is 0 Å². The third-order valence-electron chi connectivity index (χ3n) is 3.50. The quantitative estimate of drug-likeness (QED) is 0.775. The summed E-state index contributed by atoms with van der Waals surface area (Å²) in [5, 5.41) is 3.35. The van der Waals surface area contributed by atoms with E-state index in [2.05, 4.69) is 15.3 Å². The maximum absolute atomic E-state index is 12.3. The van der Waals surface area contributed by atoms with Gasteiger partial charge in [-0.1, -0.05) is 18.2 Å².